The third kappa shape index (κ3) is 3.76. The number of piperidine rings is 1. The molecule has 2 fully saturated rings. The lowest BCUT2D eigenvalue weighted by Gasteiger charge is -2.32. The molecule has 2 aliphatic rings. The summed E-state index contributed by atoms with van der Waals surface area (Å²) in [6, 6.07) is 3.46. The number of carbonyl (C=O) groups excluding carboxylic acids is 1. The number of nitrogens with zero attached hydrogens (tertiary/aromatic N) is 2. The average Bonchev–Trinajstić information content (AvgIpc) is 3.01. The van der Waals surface area contributed by atoms with E-state index in [0.717, 1.165) is 38.8 Å². The lowest BCUT2D eigenvalue weighted by atomic mass is 9.93. The Morgan fingerprint density at radius 2 is 2.00 bits per heavy atom. The number of amides is 1. The number of halogens is 1. The SMILES string of the molecule is O=C(CC1CCN(c2ncccc2F)CC1)NC1CCCC1. The van der Waals surface area contributed by atoms with Crippen LogP contribution in [0.15, 0.2) is 18.3 Å². The van der Waals surface area contributed by atoms with Crippen LogP contribution in [0.4, 0.5) is 10.2 Å². The van der Waals surface area contributed by atoms with Crippen molar-refractivity contribution in [2.45, 2.75) is 51.0 Å². The van der Waals surface area contributed by atoms with Crippen LogP contribution < -0.4 is 10.2 Å². The summed E-state index contributed by atoms with van der Waals surface area (Å²) in [5.41, 5.74) is 0. The molecule has 0 aromatic carbocycles. The molecule has 0 atom stereocenters. The van der Waals surface area contributed by atoms with Gasteiger partial charge in [0, 0.05) is 31.7 Å². The molecule has 1 saturated heterocycles. The predicted molar refractivity (Wildman–Crippen MR) is 84.1 cm³/mol. The maximum Gasteiger partial charge on any atom is 0.220 e. The zero-order valence-corrected chi connectivity index (χ0v) is 12.9. The molecule has 0 unspecified atom stereocenters. The van der Waals surface area contributed by atoms with Gasteiger partial charge in [-0.25, -0.2) is 9.37 Å². The smallest absolute Gasteiger partial charge is 0.220 e. The topological polar surface area (TPSA) is 45.2 Å². The molecule has 4 nitrogen and oxygen atoms in total. The highest BCUT2D eigenvalue weighted by molar-refractivity contribution is 5.76. The first-order chi connectivity index (χ1) is 10.7. The Hall–Kier alpha value is -1.65. The van der Waals surface area contributed by atoms with Gasteiger partial charge in [-0.1, -0.05) is 12.8 Å². The standard InChI is InChI=1S/C17H24FN3O/c18-15-6-3-9-19-17(15)21-10-7-13(8-11-21)12-16(22)20-14-4-1-2-5-14/h3,6,9,13-14H,1-2,4-5,7-8,10-12H2,(H,20,22). The Balaban J connectivity index is 1.45. The minimum atomic E-state index is -0.264. The zero-order chi connectivity index (χ0) is 15.4. The molecule has 120 valence electrons. The van der Waals surface area contributed by atoms with Crippen molar-refractivity contribution in [2.75, 3.05) is 18.0 Å². The van der Waals surface area contributed by atoms with Crippen molar-refractivity contribution < 1.29 is 9.18 Å². The van der Waals surface area contributed by atoms with Crippen LogP contribution in [-0.4, -0.2) is 30.0 Å². The second-order valence-electron chi connectivity index (χ2n) is 6.49. The summed E-state index contributed by atoms with van der Waals surface area (Å²) in [4.78, 5) is 18.2. The van der Waals surface area contributed by atoms with Crippen molar-refractivity contribution in [1.29, 1.82) is 0 Å². The highest BCUT2D eigenvalue weighted by atomic mass is 19.1. The molecule has 1 saturated carbocycles. The van der Waals surface area contributed by atoms with Gasteiger partial charge in [0.05, 0.1) is 0 Å². The van der Waals surface area contributed by atoms with E-state index in [9.17, 15) is 9.18 Å². The molecule has 3 rings (SSSR count). The van der Waals surface area contributed by atoms with Gasteiger partial charge in [0.25, 0.3) is 0 Å². The van der Waals surface area contributed by atoms with Crippen molar-refractivity contribution in [3.05, 3.63) is 24.1 Å². The van der Waals surface area contributed by atoms with E-state index in [2.05, 4.69) is 10.3 Å². The van der Waals surface area contributed by atoms with Crippen LogP contribution >= 0.6 is 0 Å². The largest absolute Gasteiger partial charge is 0.354 e. The number of pyridine rings is 1. The molecule has 1 aliphatic carbocycles. The quantitative estimate of drug-likeness (QED) is 0.930. The number of anilines is 1. The molecule has 5 heteroatoms. The number of hydrogen-bond acceptors (Lipinski definition) is 3. The van der Waals surface area contributed by atoms with E-state index in [0.29, 0.717) is 24.2 Å². The molecule has 1 aromatic heterocycles. The van der Waals surface area contributed by atoms with Crippen molar-refractivity contribution in [2.24, 2.45) is 5.92 Å². The van der Waals surface area contributed by atoms with Crippen LogP contribution in [0.5, 0.6) is 0 Å². The maximum atomic E-state index is 13.7. The average molecular weight is 305 g/mol. The van der Waals surface area contributed by atoms with Gasteiger partial charge in [-0.05, 0) is 43.7 Å². The van der Waals surface area contributed by atoms with E-state index in [4.69, 9.17) is 0 Å². The summed E-state index contributed by atoms with van der Waals surface area (Å²) in [6.07, 6.45) is 8.81. The van der Waals surface area contributed by atoms with Crippen molar-refractivity contribution in [1.82, 2.24) is 10.3 Å². The molecular formula is C17H24FN3O. The van der Waals surface area contributed by atoms with Gasteiger partial charge in [0.15, 0.2) is 11.6 Å². The fourth-order valence-electron chi connectivity index (χ4n) is 3.58. The monoisotopic (exact) mass is 305 g/mol. The molecule has 1 N–H and O–H groups in total. The van der Waals surface area contributed by atoms with E-state index in [1.165, 1.54) is 18.9 Å². The van der Waals surface area contributed by atoms with E-state index < -0.39 is 0 Å². The molecule has 0 radical (unpaired) electrons. The number of aromatic nitrogens is 1. The van der Waals surface area contributed by atoms with Gasteiger partial charge in [-0.15, -0.1) is 0 Å². The van der Waals surface area contributed by atoms with Crippen LogP contribution in [-0.2, 0) is 4.79 Å². The lowest BCUT2D eigenvalue weighted by molar-refractivity contribution is -0.122. The van der Waals surface area contributed by atoms with Crippen molar-refractivity contribution in [3.63, 3.8) is 0 Å². The lowest BCUT2D eigenvalue weighted by Crippen LogP contribution is -2.38. The molecule has 0 bridgehead atoms. The molecule has 1 aromatic rings. The normalized spacial score (nSPS) is 20.3. The maximum absolute atomic E-state index is 13.7. The van der Waals surface area contributed by atoms with Crippen LogP contribution in [0.25, 0.3) is 0 Å². The number of hydrogen-bond donors (Lipinski definition) is 1. The van der Waals surface area contributed by atoms with Gasteiger partial charge < -0.3 is 10.2 Å². The first-order valence-electron chi connectivity index (χ1n) is 8.37. The summed E-state index contributed by atoms with van der Waals surface area (Å²) in [6.45, 7) is 1.55. The second kappa shape index (κ2) is 7.07. The second-order valence-corrected chi connectivity index (χ2v) is 6.49. The van der Waals surface area contributed by atoms with E-state index >= 15 is 0 Å². The summed E-state index contributed by atoms with van der Waals surface area (Å²) in [5, 5.41) is 3.15. The van der Waals surface area contributed by atoms with Gasteiger partial charge in [-0.3, -0.25) is 4.79 Å². The van der Waals surface area contributed by atoms with E-state index in [1.807, 2.05) is 4.90 Å². The Kier molecular flexibility index (Phi) is 4.90. The third-order valence-electron chi connectivity index (χ3n) is 4.85. The van der Waals surface area contributed by atoms with Crippen LogP contribution in [0.1, 0.15) is 44.9 Å². The van der Waals surface area contributed by atoms with Gasteiger partial charge in [0.2, 0.25) is 5.91 Å². The highest BCUT2D eigenvalue weighted by Gasteiger charge is 2.25. The molecule has 1 amide bonds. The van der Waals surface area contributed by atoms with E-state index in [-0.39, 0.29) is 11.7 Å². The summed E-state index contributed by atoms with van der Waals surface area (Å²) in [5.74, 6) is 0.773. The Morgan fingerprint density at radius 1 is 1.27 bits per heavy atom. The minimum absolute atomic E-state index is 0.189. The van der Waals surface area contributed by atoms with Gasteiger partial charge in [-0.2, -0.15) is 0 Å². The zero-order valence-electron chi connectivity index (χ0n) is 12.9. The van der Waals surface area contributed by atoms with Gasteiger partial charge in [0.1, 0.15) is 0 Å². The van der Waals surface area contributed by atoms with Gasteiger partial charge >= 0.3 is 0 Å². The highest BCUT2D eigenvalue weighted by Crippen LogP contribution is 2.26. The Bertz CT molecular complexity index is 508. The predicted octanol–water partition coefficient (Wildman–Crippen LogP) is 2.89. The molecule has 1 aliphatic heterocycles. The molecule has 22 heavy (non-hydrogen) atoms. The van der Waals surface area contributed by atoms with Crippen LogP contribution in [0, 0.1) is 11.7 Å². The van der Waals surface area contributed by atoms with Crippen LogP contribution in [0.3, 0.4) is 0 Å². The van der Waals surface area contributed by atoms with Crippen molar-refractivity contribution >= 4 is 11.7 Å². The molecule has 2 heterocycles. The number of carbonyl (C=O) groups is 1. The Morgan fingerprint density at radius 3 is 2.68 bits per heavy atom. The summed E-state index contributed by atoms with van der Waals surface area (Å²) in [7, 11) is 0. The summed E-state index contributed by atoms with van der Waals surface area (Å²) < 4.78 is 13.7. The molecule has 0 spiro atoms. The van der Waals surface area contributed by atoms with Crippen molar-refractivity contribution in [3.8, 4) is 0 Å². The van der Waals surface area contributed by atoms with Crippen LogP contribution in [0.2, 0.25) is 0 Å². The molecular weight excluding hydrogens is 281 g/mol. The first-order valence-corrected chi connectivity index (χ1v) is 8.37. The first kappa shape index (κ1) is 15.3. The fraction of sp³-hybridized carbons (Fsp3) is 0.647. The fourth-order valence-corrected chi connectivity index (χ4v) is 3.58. The van der Waals surface area contributed by atoms with E-state index in [1.54, 1.807) is 12.3 Å². The number of nitrogens with one attached hydrogen (secondary N) is 1. The Labute approximate surface area is 131 Å². The minimum Gasteiger partial charge on any atom is -0.354 e. The third-order valence-corrected chi connectivity index (χ3v) is 4.85. The summed E-state index contributed by atoms with van der Waals surface area (Å²) >= 11 is 0. The number of rotatable bonds is 4.